The Labute approximate surface area is 193 Å². The van der Waals surface area contributed by atoms with Gasteiger partial charge in [-0.3, -0.25) is 4.79 Å². The third-order valence-corrected chi connectivity index (χ3v) is 7.71. The van der Waals surface area contributed by atoms with Crippen LogP contribution in [0.15, 0.2) is 30.6 Å². The third kappa shape index (κ3) is 4.34. The SMILES string of the molecule is CCCn1cnnc1C1CN(C(=O)c2ccc(C(C)C)cc2)CC12CCN(C(C)C)CC2. The zero-order valence-corrected chi connectivity index (χ0v) is 20.4. The molecule has 6 nitrogen and oxygen atoms in total. The molecule has 0 radical (unpaired) electrons. The summed E-state index contributed by atoms with van der Waals surface area (Å²) in [6.45, 7) is 15.7. The second-order valence-corrected chi connectivity index (χ2v) is 10.4. The Hall–Kier alpha value is -2.21. The van der Waals surface area contributed by atoms with Crippen LogP contribution < -0.4 is 0 Å². The molecule has 2 saturated heterocycles. The van der Waals surface area contributed by atoms with Gasteiger partial charge < -0.3 is 14.4 Å². The second-order valence-electron chi connectivity index (χ2n) is 10.4. The molecule has 1 aromatic carbocycles. The van der Waals surface area contributed by atoms with Crippen LogP contribution in [0.4, 0.5) is 0 Å². The molecule has 2 fully saturated rings. The van der Waals surface area contributed by atoms with Gasteiger partial charge in [0.2, 0.25) is 0 Å². The second kappa shape index (κ2) is 9.34. The van der Waals surface area contributed by atoms with Crippen LogP contribution in [0, 0.1) is 5.41 Å². The molecule has 0 N–H and O–H groups in total. The fourth-order valence-electron chi connectivity index (χ4n) is 5.61. The molecule has 1 spiro atoms. The van der Waals surface area contributed by atoms with Gasteiger partial charge in [-0.15, -0.1) is 10.2 Å². The molecule has 2 aliphatic rings. The lowest BCUT2D eigenvalue weighted by Gasteiger charge is -2.43. The summed E-state index contributed by atoms with van der Waals surface area (Å²) in [5, 5.41) is 8.84. The number of rotatable bonds is 6. The van der Waals surface area contributed by atoms with Crippen molar-refractivity contribution >= 4 is 5.91 Å². The van der Waals surface area contributed by atoms with E-state index >= 15 is 0 Å². The summed E-state index contributed by atoms with van der Waals surface area (Å²) in [4.78, 5) is 18.2. The molecule has 0 saturated carbocycles. The highest BCUT2D eigenvalue weighted by Crippen LogP contribution is 2.49. The van der Waals surface area contributed by atoms with Crippen LogP contribution in [-0.2, 0) is 6.54 Å². The molecule has 0 bridgehead atoms. The van der Waals surface area contributed by atoms with E-state index in [0.717, 1.165) is 63.4 Å². The monoisotopic (exact) mass is 437 g/mol. The standard InChI is InChI=1S/C26H39N5O/c1-6-13-30-18-27-28-24(30)23-16-31(17-26(23)11-14-29(15-12-26)20(4)5)25(32)22-9-7-21(8-10-22)19(2)3/h7-10,18-20,23H,6,11-17H2,1-5H3. The van der Waals surface area contributed by atoms with E-state index in [9.17, 15) is 4.79 Å². The molecular weight excluding hydrogens is 398 g/mol. The van der Waals surface area contributed by atoms with Gasteiger partial charge in [-0.25, -0.2) is 0 Å². The van der Waals surface area contributed by atoms with Crippen LogP contribution in [0.5, 0.6) is 0 Å². The van der Waals surface area contributed by atoms with Crippen molar-refractivity contribution in [2.75, 3.05) is 26.2 Å². The molecule has 32 heavy (non-hydrogen) atoms. The van der Waals surface area contributed by atoms with Crippen molar-refractivity contribution in [2.24, 2.45) is 5.41 Å². The van der Waals surface area contributed by atoms with Crippen molar-refractivity contribution in [1.82, 2.24) is 24.6 Å². The lowest BCUT2D eigenvalue weighted by Crippen LogP contribution is -2.46. The van der Waals surface area contributed by atoms with E-state index in [1.54, 1.807) is 0 Å². The Kier molecular flexibility index (Phi) is 6.70. The minimum absolute atomic E-state index is 0.0808. The quantitative estimate of drug-likeness (QED) is 0.666. The molecule has 174 valence electrons. The van der Waals surface area contributed by atoms with Crippen molar-refractivity contribution in [3.05, 3.63) is 47.5 Å². The number of amides is 1. The largest absolute Gasteiger partial charge is 0.337 e. The van der Waals surface area contributed by atoms with Gasteiger partial charge in [0.25, 0.3) is 5.91 Å². The molecule has 2 aromatic rings. The van der Waals surface area contributed by atoms with Gasteiger partial charge >= 0.3 is 0 Å². The van der Waals surface area contributed by atoms with E-state index in [1.807, 2.05) is 18.5 Å². The third-order valence-electron chi connectivity index (χ3n) is 7.71. The molecule has 4 rings (SSSR count). The number of carbonyl (C=O) groups is 1. The van der Waals surface area contributed by atoms with E-state index in [1.165, 1.54) is 5.56 Å². The molecule has 1 atom stereocenters. The number of aromatic nitrogens is 3. The maximum absolute atomic E-state index is 13.5. The van der Waals surface area contributed by atoms with Gasteiger partial charge in [0.05, 0.1) is 0 Å². The van der Waals surface area contributed by atoms with Crippen LogP contribution in [0.3, 0.4) is 0 Å². The molecular formula is C26H39N5O. The van der Waals surface area contributed by atoms with Gasteiger partial charge in [0, 0.05) is 42.6 Å². The smallest absolute Gasteiger partial charge is 0.253 e. The van der Waals surface area contributed by atoms with Crippen LogP contribution in [0.25, 0.3) is 0 Å². The minimum atomic E-state index is 0.0808. The maximum atomic E-state index is 13.5. The number of aryl methyl sites for hydroxylation is 1. The maximum Gasteiger partial charge on any atom is 0.253 e. The first-order chi connectivity index (χ1) is 15.3. The van der Waals surface area contributed by atoms with Crippen molar-refractivity contribution < 1.29 is 4.79 Å². The first-order valence-corrected chi connectivity index (χ1v) is 12.4. The summed E-state index contributed by atoms with van der Waals surface area (Å²) in [5.74, 6) is 1.92. The molecule has 2 aliphatic heterocycles. The summed E-state index contributed by atoms with van der Waals surface area (Å²) in [6, 6.07) is 8.76. The first kappa shape index (κ1) is 23.0. The Morgan fingerprint density at radius 3 is 2.41 bits per heavy atom. The average molecular weight is 438 g/mol. The highest BCUT2D eigenvalue weighted by Gasteiger charge is 2.51. The topological polar surface area (TPSA) is 54.3 Å². The molecule has 1 unspecified atom stereocenters. The van der Waals surface area contributed by atoms with Gasteiger partial charge in [0.1, 0.15) is 12.2 Å². The summed E-state index contributed by atoms with van der Waals surface area (Å²) in [5.41, 5.74) is 2.14. The Morgan fingerprint density at radius 2 is 1.81 bits per heavy atom. The Bertz CT molecular complexity index is 909. The normalized spacial score (nSPS) is 21.2. The van der Waals surface area contributed by atoms with E-state index in [-0.39, 0.29) is 17.2 Å². The summed E-state index contributed by atoms with van der Waals surface area (Å²) in [7, 11) is 0. The molecule has 0 aliphatic carbocycles. The predicted molar refractivity (Wildman–Crippen MR) is 128 cm³/mol. The Morgan fingerprint density at radius 1 is 1.12 bits per heavy atom. The van der Waals surface area contributed by atoms with Crippen LogP contribution >= 0.6 is 0 Å². The summed E-state index contributed by atoms with van der Waals surface area (Å²) in [6.07, 6.45) is 5.12. The number of hydrogen-bond donors (Lipinski definition) is 0. The number of likely N-dealkylation sites (tertiary alicyclic amines) is 2. The fourth-order valence-corrected chi connectivity index (χ4v) is 5.61. The minimum Gasteiger partial charge on any atom is -0.337 e. The number of carbonyl (C=O) groups excluding carboxylic acids is 1. The van der Waals surface area contributed by atoms with Gasteiger partial charge in [-0.1, -0.05) is 32.9 Å². The predicted octanol–water partition coefficient (Wildman–Crippen LogP) is 4.54. The lowest BCUT2D eigenvalue weighted by atomic mass is 9.70. The number of piperidine rings is 1. The number of nitrogens with zero attached hydrogens (tertiary/aromatic N) is 5. The molecule has 1 aromatic heterocycles. The van der Waals surface area contributed by atoms with E-state index in [2.05, 4.69) is 71.3 Å². The molecule has 1 amide bonds. The van der Waals surface area contributed by atoms with Crippen LogP contribution in [0.2, 0.25) is 0 Å². The van der Waals surface area contributed by atoms with Crippen molar-refractivity contribution in [3.63, 3.8) is 0 Å². The Balaban J connectivity index is 1.61. The van der Waals surface area contributed by atoms with Crippen molar-refractivity contribution in [2.45, 2.75) is 78.3 Å². The highest BCUT2D eigenvalue weighted by atomic mass is 16.2. The van der Waals surface area contributed by atoms with Gasteiger partial charge in [-0.2, -0.15) is 0 Å². The molecule has 6 heteroatoms. The summed E-state index contributed by atoms with van der Waals surface area (Å²) >= 11 is 0. The van der Waals surface area contributed by atoms with Crippen molar-refractivity contribution in [3.8, 4) is 0 Å². The van der Waals surface area contributed by atoms with E-state index in [0.29, 0.717) is 12.0 Å². The number of hydrogen-bond acceptors (Lipinski definition) is 4. The lowest BCUT2D eigenvalue weighted by molar-refractivity contribution is 0.0645. The zero-order chi connectivity index (χ0) is 22.9. The molecule has 3 heterocycles. The van der Waals surface area contributed by atoms with Gasteiger partial charge in [0.15, 0.2) is 0 Å². The van der Waals surface area contributed by atoms with Gasteiger partial charge in [-0.05, 0) is 69.8 Å². The van der Waals surface area contributed by atoms with Crippen LogP contribution in [-0.4, -0.2) is 62.7 Å². The average Bonchev–Trinajstić information content (AvgIpc) is 3.38. The number of benzene rings is 1. The fraction of sp³-hybridized carbons (Fsp3) is 0.654. The highest BCUT2D eigenvalue weighted by molar-refractivity contribution is 5.94. The first-order valence-electron chi connectivity index (χ1n) is 12.4. The van der Waals surface area contributed by atoms with Crippen molar-refractivity contribution in [1.29, 1.82) is 0 Å². The summed E-state index contributed by atoms with van der Waals surface area (Å²) < 4.78 is 2.21. The van der Waals surface area contributed by atoms with Crippen LogP contribution in [0.1, 0.15) is 87.5 Å². The zero-order valence-electron chi connectivity index (χ0n) is 20.4. The van der Waals surface area contributed by atoms with E-state index < -0.39 is 0 Å². The van der Waals surface area contributed by atoms with E-state index in [4.69, 9.17) is 0 Å².